The minimum atomic E-state index is -0.675. The predicted molar refractivity (Wildman–Crippen MR) is 82.1 cm³/mol. The van der Waals surface area contributed by atoms with Crippen molar-refractivity contribution < 1.29 is 23.8 Å². The smallest absolute Gasteiger partial charge is 0.341 e. The number of carbonyl (C=O) groups excluding carboxylic acids is 1. The summed E-state index contributed by atoms with van der Waals surface area (Å²) < 4.78 is 10.6. The zero-order chi connectivity index (χ0) is 16.6. The van der Waals surface area contributed by atoms with E-state index in [2.05, 4.69) is 4.90 Å². The molecule has 1 N–H and O–H groups in total. The summed E-state index contributed by atoms with van der Waals surface area (Å²) in [7, 11) is 1.35. The first-order valence-electron chi connectivity index (χ1n) is 8.16. The molecule has 0 amide bonds. The van der Waals surface area contributed by atoms with E-state index in [0.29, 0.717) is 36.6 Å². The van der Waals surface area contributed by atoms with Gasteiger partial charge in [0.1, 0.15) is 17.1 Å². The second kappa shape index (κ2) is 6.00. The van der Waals surface area contributed by atoms with E-state index in [1.807, 2.05) is 6.92 Å². The number of carboxylic acid groups (broad SMARTS) is 1. The largest absolute Gasteiger partial charge is 0.481 e. The summed E-state index contributed by atoms with van der Waals surface area (Å²) in [4.78, 5) is 25.6. The predicted octanol–water partition coefficient (Wildman–Crippen LogP) is 2.32. The van der Waals surface area contributed by atoms with Crippen molar-refractivity contribution in [2.75, 3.05) is 20.2 Å². The molecule has 1 saturated heterocycles. The van der Waals surface area contributed by atoms with Crippen LogP contribution in [0.3, 0.4) is 0 Å². The molecule has 23 heavy (non-hydrogen) atoms. The summed E-state index contributed by atoms with van der Waals surface area (Å²) >= 11 is 0. The SMILES string of the molecule is CCc1oc(CN2C[C@@H]3CCC[C@@]3(C(=O)O)C2)cc1C(=O)OC. The van der Waals surface area contributed by atoms with Gasteiger partial charge in [-0.05, 0) is 24.8 Å². The molecule has 2 atom stereocenters. The number of methoxy groups -OCH3 is 1. The fourth-order valence-corrected chi connectivity index (χ4v) is 4.19. The number of carbonyl (C=O) groups is 2. The molecule has 1 aliphatic carbocycles. The van der Waals surface area contributed by atoms with Crippen LogP contribution in [0.2, 0.25) is 0 Å². The van der Waals surface area contributed by atoms with Crippen LogP contribution in [0.1, 0.15) is 48.1 Å². The van der Waals surface area contributed by atoms with E-state index in [0.717, 1.165) is 25.8 Å². The van der Waals surface area contributed by atoms with Crippen molar-refractivity contribution in [3.05, 3.63) is 23.2 Å². The van der Waals surface area contributed by atoms with Gasteiger partial charge in [-0.25, -0.2) is 4.79 Å². The van der Waals surface area contributed by atoms with Gasteiger partial charge in [0.25, 0.3) is 0 Å². The lowest BCUT2D eigenvalue weighted by atomic mass is 9.81. The molecule has 3 rings (SSSR count). The van der Waals surface area contributed by atoms with Crippen LogP contribution >= 0.6 is 0 Å². The molecule has 0 unspecified atom stereocenters. The lowest BCUT2D eigenvalue weighted by molar-refractivity contribution is -0.149. The summed E-state index contributed by atoms with van der Waals surface area (Å²) in [6.07, 6.45) is 3.36. The fourth-order valence-electron chi connectivity index (χ4n) is 4.19. The zero-order valence-corrected chi connectivity index (χ0v) is 13.6. The summed E-state index contributed by atoms with van der Waals surface area (Å²) in [5.41, 5.74) is -0.122. The van der Waals surface area contributed by atoms with Crippen molar-refractivity contribution in [2.45, 2.75) is 39.2 Å². The molecular weight excluding hydrogens is 298 g/mol. The molecule has 0 spiro atoms. The second-order valence-electron chi connectivity index (χ2n) is 6.61. The maximum absolute atomic E-state index is 11.8. The highest BCUT2D eigenvalue weighted by molar-refractivity contribution is 5.90. The first-order valence-corrected chi connectivity index (χ1v) is 8.16. The number of fused-ring (bicyclic) bond motifs is 1. The van der Waals surface area contributed by atoms with Crippen LogP contribution in [-0.4, -0.2) is 42.1 Å². The molecule has 0 bridgehead atoms. The molecule has 1 aromatic heterocycles. The van der Waals surface area contributed by atoms with Gasteiger partial charge in [-0.3, -0.25) is 9.69 Å². The monoisotopic (exact) mass is 321 g/mol. The van der Waals surface area contributed by atoms with Gasteiger partial charge in [-0.2, -0.15) is 0 Å². The fraction of sp³-hybridized carbons (Fsp3) is 0.647. The lowest BCUT2D eigenvalue weighted by Gasteiger charge is -2.23. The number of nitrogens with zero attached hydrogens (tertiary/aromatic N) is 1. The van der Waals surface area contributed by atoms with Gasteiger partial charge in [-0.1, -0.05) is 13.3 Å². The zero-order valence-electron chi connectivity index (χ0n) is 13.6. The average Bonchev–Trinajstić information content (AvgIpc) is 3.18. The minimum absolute atomic E-state index is 0.223. The van der Waals surface area contributed by atoms with E-state index >= 15 is 0 Å². The Hall–Kier alpha value is -1.82. The van der Waals surface area contributed by atoms with Gasteiger partial charge in [0, 0.05) is 19.5 Å². The average molecular weight is 321 g/mol. The third kappa shape index (κ3) is 2.65. The van der Waals surface area contributed by atoms with Crippen LogP contribution in [0.5, 0.6) is 0 Å². The maximum Gasteiger partial charge on any atom is 0.341 e. The van der Waals surface area contributed by atoms with E-state index in [1.54, 1.807) is 6.07 Å². The van der Waals surface area contributed by atoms with Crippen LogP contribution in [0.15, 0.2) is 10.5 Å². The van der Waals surface area contributed by atoms with Crippen LogP contribution < -0.4 is 0 Å². The number of likely N-dealkylation sites (tertiary alicyclic amines) is 1. The molecule has 0 radical (unpaired) electrons. The molecule has 126 valence electrons. The van der Waals surface area contributed by atoms with E-state index < -0.39 is 17.4 Å². The number of hydrogen-bond donors (Lipinski definition) is 1. The number of esters is 1. The summed E-state index contributed by atoms with van der Waals surface area (Å²) in [6, 6.07) is 1.73. The van der Waals surface area contributed by atoms with Crippen LogP contribution in [0.25, 0.3) is 0 Å². The first-order chi connectivity index (χ1) is 11.0. The number of carboxylic acids is 1. The molecule has 1 aromatic rings. The van der Waals surface area contributed by atoms with E-state index in [9.17, 15) is 14.7 Å². The van der Waals surface area contributed by atoms with Crippen molar-refractivity contribution in [2.24, 2.45) is 11.3 Å². The quantitative estimate of drug-likeness (QED) is 0.838. The Morgan fingerprint density at radius 1 is 1.52 bits per heavy atom. The molecule has 1 aliphatic heterocycles. The van der Waals surface area contributed by atoms with Gasteiger partial charge in [-0.15, -0.1) is 0 Å². The molecule has 2 aliphatic rings. The van der Waals surface area contributed by atoms with Crippen molar-refractivity contribution in [3.63, 3.8) is 0 Å². The first kappa shape index (κ1) is 16.1. The van der Waals surface area contributed by atoms with Gasteiger partial charge in [0.2, 0.25) is 0 Å². The molecule has 2 heterocycles. The Morgan fingerprint density at radius 3 is 2.91 bits per heavy atom. The van der Waals surface area contributed by atoms with Crippen molar-refractivity contribution in [3.8, 4) is 0 Å². The Kier molecular flexibility index (Phi) is 4.19. The summed E-state index contributed by atoms with van der Waals surface area (Å²) in [5.74, 6) is 0.478. The highest BCUT2D eigenvalue weighted by atomic mass is 16.5. The molecular formula is C17H23NO5. The number of hydrogen-bond acceptors (Lipinski definition) is 5. The highest BCUT2D eigenvalue weighted by Gasteiger charge is 2.54. The Morgan fingerprint density at radius 2 is 2.30 bits per heavy atom. The molecule has 2 fully saturated rings. The van der Waals surface area contributed by atoms with Gasteiger partial charge < -0.3 is 14.3 Å². The normalized spacial score (nSPS) is 27.1. The van der Waals surface area contributed by atoms with E-state index in [-0.39, 0.29) is 5.92 Å². The van der Waals surface area contributed by atoms with Gasteiger partial charge in [0.05, 0.1) is 19.1 Å². The van der Waals surface area contributed by atoms with Crippen molar-refractivity contribution in [1.29, 1.82) is 0 Å². The number of aryl methyl sites for hydroxylation is 1. The molecule has 0 aromatic carbocycles. The maximum atomic E-state index is 11.8. The lowest BCUT2D eigenvalue weighted by Crippen LogP contribution is -2.35. The van der Waals surface area contributed by atoms with E-state index in [1.165, 1.54) is 7.11 Å². The Bertz CT molecular complexity index is 622. The van der Waals surface area contributed by atoms with Gasteiger partial charge in [0.15, 0.2) is 0 Å². The molecule has 6 heteroatoms. The number of rotatable bonds is 5. The molecule has 1 saturated carbocycles. The standard InChI is InChI=1S/C17H23NO5/c1-3-14-13(15(19)22-2)7-12(23-14)9-18-8-11-5-4-6-17(11,10-18)16(20)21/h7,11H,3-6,8-10H2,1-2H3,(H,20,21)/t11-,17+/m0/s1. The highest BCUT2D eigenvalue weighted by Crippen LogP contribution is 2.49. The summed E-state index contributed by atoms with van der Waals surface area (Å²) in [5, 5.41) is 9.64. The molecule has 6 nitrogen and oxygen atoms in total. The number of ether oxygens (including phenoxy) is 1. The van der Waals surface area contributed by atoms with Crippen LogP contribution in [-0.2, 0) is 22.5 Å². The Labute approximate surface area is 135 Å². The van der Waals surface area contributed by atoms with Crippen LogP contribution in [0.4, 0.5) is 0 Å². The number of furan rings is 1. The third-order valence-corrected chi connectivity index (χ3v) is 5.33. The second-order valence-corrected chi connectivity index (χ2v) is 6.61. The van der Waals surface area contributed by atoms with Gasteiger partial charge >= 0.3 is 11.9 Å². The van der Waals surface area contributed by atoms with Crippen molar-refractivity contribution >= 4 is 11.9 Å². The van der Waals surface area contributed by atoms with Crippen molar-refractivity contribution in [1.82, 2.24) is 4.90 Å². The minimum Gasteiger partial charge on any atom is -0.481 e. The summed E-state index contributed by atoms with van der Waals surface area (Å²) in [6.45, 7) is 3.80. The van der Waals surface area contributed by atoms with E-state index in [4.69, 9.17) is 9.15 Å². The number of aliphatic carboxylic acids is 1. The Balaban J connectivity index is 1.75. The third-order valence-electron chi connectivity index (χ3n) is 5.33. The topological polar surface area (TPSA) is 80.0 Å². The van der Waals surface area contributed by atoms with Crippen LogP contribution in [0, 0.1) is 11.3 Å².